The van der Waals surface area contributed by atoms with Crippen molar-refractivity contribution in [2.75, 3.05) is 22.2 Å². The molecule has 4 rings (SSSR count). The number of anilines is 4. The molecule has 1 fully saturated rings. The summed E-state index contributed by atoms with van der Waals surface area (Å²) in [4.78, 5) is 32.8. The van der Waals surface area contributed by atoms with Crippen molar-refractivity contribution in [2.24, 2.45) is 0 Å². The van der Waals surface area contributed by atoms with Gasteiger partial charge in [-0.1, -0.05) is 25.7 Å². The first-order chi connectivity index (χ1) is 14.5. The van der Waals surface area contributed by atoms with E-state index in [-0.39, 0.29) is 17.5 Å². The first kappa shape index (κ1) is 20.2. The molecule has 2 aromatic rings. The zero-order chi connectivity index (χ0) is 21.3. The van der Waals surface area contributed by atoms with Crippen LogP contribution in [0.1, 0.15) is 55.8 Å². The van der Waals surface area contributed by atoms with Gasteiger partial charge in [-0.2, -0.15) is 0 Å². The van der Waals surface area contributed by atoms with Gasteiger partial charge in [0.25, 0.3) is 0 Å². The Morgan fingerprint density at radius 2 is 1.73 bits per heavy atom. The van der Waals surface area contributed by atoms with Gasteiger partial charge in [-0.15, -0.1) is 0 Å². The third-order valence-electron chi connectivity index (χ3n) is 6.19. The maximum Gasteiger partial charge on any atom is 0.335 e. The molecule has 2 aliphatic rings. The normalized spacial score (nSPS) is 19.9. The smallest absolute Gasteiger partial charge is 0.335 e. The quantitative estimate of drug-likeness (QED) is 0.729. The SMILES string of the molecule is CC1C(=O)N(C)c2ccc(Nc3ccc(C(=O)O)cc3)nc2N1C1CCCCCC1. The van der Waals surface area contributed by atoms with Crippen LogP contribution in [0.3, 0.4) is 0 Å². The van der Waals surface area contributed by atoms with Crippen molar-refractivity contribution in [1.29, 1.82) is 0 Å². The number of hydrogen-bond acceptors (Lipinski definition) is 5. The van der Waals surface area contributed by atoms with Crippen molar-refractivity contribution in [1.82, 2.24) is 4.98 Å². The first-order valence-electron chi connectivity index (χ1n) is 10.6. The number of rotatable bonds is 4. The van der Waals surface area contributed by atoms with Crippen LogP contribution in [0, 0.1) is 0 Å². The van der Waals surface area contributed by atoms with Crippen LogP contribution in [-0.2, 0) is 4.79 Å². The fraction of sp³-hybridized carbons (Fsp3) is 0.435. The highest BCUT2D eigenvalue weighted by Crippen LogP contribution is 2.39. The Labute approximate surface area is 176 Å². The predicted molar refractivity (Wildman–Crippen MR) is 118 cm³/mol. The monoisotopic (exact) mass is 408 g/mol. The number of aromatic nitrogens is 1. The van der Waals surface area contributed by atoms with Crippen LogP contribution in [0.25, 0.3) is 0 Å². The number of aromatic carboxylic acids is 1. The second-order valence-electron chi connectivity index (χ2n) is 8.17. The van der Waals surface area contributed by atoms with Crippen LogP contribution in [-0.4, -0.2) is 41.1 Å². The Kier molecular flexibility index (Phi) is 5.61. The Morgan fingerprint density at radius 3 is 2.37 bits per heavy atom. The van der Waals surface area contributed by atoms with E-state index in [0.29, 0.717) is 11.9 Å². The van der Waals surface area contributed by atoms with E-state index < -0.39 is 5.97 Å². The van der Waals surface area contributed by atoms with Gasteiger partial charge in [0.2, 0.25) is 5.91 Å². The summed E-state index contributed by atoms with van der Waals surface area (Å²) in [6, 6.07) is 10.4. The zero-order valence-electron chi connectivity index (χ0n) is 17.5. The summed E-state index contributed by atoms with van der Waals surface area (Å²) in [6.45, 7) is 1.97. The number of carbonyl (C=O) groups is 2. The van der Waals surface area contributed by atoms with Crippen molar-refractivity contribution in [3.63, 3.8) is 0 Å². The number of carboxylic acids is 1. The maximum absolute atomic E-state index is 12.9. The Balaban J connectivity index is 1.66. The van der Waals surface area contributed by atoms with Crippen molar-refractivity contribution in [3.8, 4) is 0 Å². The molecule has 1 aromatic heterocycles. The first-order valence-corrected chi connectivity index (χ1v) is 10.6. The topological polar surface area (TPSA) is 85.8 Å². The van der Waals surface area contributed by atoms with Gasteiger partial charge in [-0.05, 0) is 56.2 Å². The predicted octanol–water partition coefficient (Wildman–Crippen LogP) is 4.42. The van der Waals surface area contributed by atoms with Gasteiger partial charge in [-0.25, -0.2) is 9.78 Å². The van der Waals surface area contributed by atoms with Gasteiger partial charge in [0.1, 0.15) is 11.9 Å². The second-order valence-corrected chi connectivity index (χ2v) is 8.17. The van der Waals surface area contributed by atoms with Crippen LogP contribution >= 0.6 is 0 Å². The second kappa shape index (κ2) is 8.34. The third-order valence-corrected chi connectivity index (χ3v) is 6.19. The minimum Gasteiger partial charge on any atom is -0.478 e. The lowest BCUT2D eigenvalue weighted by molar-refractivity contribution is -0.119. The molecule has 2 N–H and O–H groups in total. The van der Waals surface area contributed by atoms with Crippen LogP contribution in [0.5, 0.6) is 0 Å². The molecule has 158 valence electrons. The average Bonchev–Trinajstić information content (AvgIpc) is 3.02. The number of nitrogens with zero attached hydrogens (tertiary/aromatic N) is 3. The summed E-state index contributed by atoms with van der Waals surface area (Å²) in [5.41, 5.74) is 1.84. The van der Waals surface area contributed by atoms with Crippen molar-refractivity contribution >= 4 is 34.9 Å². The molecule has 0 bridgehead atoms. The lowest BCUT2D eigenvalue weighted by Gasteiger charge is -2.43. The minimum atomic E-state index is -0.950. The Hall–Kier alpha value is -3.09. The molecule has 7 heteroatoms. The average molecular weight is 409 g/mol. The molecular formula is C23H28N4O3. The summed E-state index contributed by atoms with van der Waals surface area (Å²) in [5.74, 6) is 0.654. The minimum absolute atomic E-state index is 0.0958. The molecule has 2 heterocycles. The van der Waals surface area contributed by atoms with E-state index >= 15 is 0 Å². The number of hydrogen-bond donors (Lipinski definition) is 2. The number of benzene rings is 1. The standard InChI is InChI=1S/C23H28N4O3/c1-15-22(28)26(2)19-13-14-20(24-17-11-9-16(10-12-17)23(29)30)25-21(19)27(15)18-7-5-3-4-6-8-18/h9-15,18H,3-8H2,1-2H3,(H,24,25)(H,29,30). The fourth-order valence-electron chi connectivity index (χ4n) is 4.53. The number of fused-ring (bicyclic) bond motifs is 1. The van der Waals surface area contributed by atoms with E-state index in [1.807, 2.05) is 26.1 Å². The van der Waals surface area contributed by atoms with Crippen LogP contribution in [0.2, 0.25) is 0 Å². The molecule has 1 saturated carbocycles. The summed E-state index contributed by atoms with van der Waals surface area (Å²) in [5, 5.41) is 12.3. The van der Waals surface area contributed by atoms with E-state index in [1.54, 1.807) is 29.2 Å². The third kappa shape index (κ3) is 3.84. The van der Waals surface area contributed by atoms with Crippen LogP contribution < -0.4 is 15.1 Å². The van der Waals surface area contributed by atoms with Gasteiger partial charge in [-0.3, -0.25) is 4.79 Å². The summed E-state index contributed by atoms with van der Waals surface area (Å²) in [7, 11) is 1.81. The van der Waals surface area contributed by atoms with Crippen molar-refractivity contribution < 1.29 is 14.7 Å². The van der Waals surface area contributed by atoms with Crippen molar-refractivity contribution in [3.05, 3.63) is 42.0 Å². The van der Waals surface area contributed by atoms with Gasteiger partial charge < -0.3 is 20.2 Å². The van der Waals surface area contributed by atoms with E-state index in [2.05, 4.69) is 10.2 Å². The fourth-order valence-corrected chi connectivity index (χ4v) is 4.53. The zero-order valence-corrected chi connectivity index (χ0v) is 17.5. The highest BCUT2D eigenvalue weighted by atomic mass is 16.4. The highest BCUT2D eigenvalue weighted by molar-refractivity contribution is 6.04. The molecule has 0 radical (unpaired) electrons. The number of carboxylic acid groups (broad SMARTS) is 1. The Morgan fingerprint density at radius 1 is 1.07 bits per heavy atom. The molecule has 1 aromatic carbocycles. The largest absolute Gasteiger partial charge is 0.478 e. The Bertz CT molecular complexity index is 936. The van der Waals surface area contributed by atoms with E-state index in [9.17, 15) is 9.59 Å². The summed E-state index contributed by atoms with van der Waals surface area (Å²) in [6.07, 6.45) is 7.03. The van der Waals surface area contributed by atoms with Gasteiger partial charge >= 0.3 is 5.97 Å². The summed E-state index contributed by atoms with van der Waals surface area (Å²) < 4.78 is 0. The maximum atomic E-state index is 12.9. The molecule has 1 unspecified atom stereocenters. The van der Waals surface area contributed by atoms with Gasteiger partial charge in [0, 0.05) is 18.8 Å². The molecular weight excluding hydrogens is 380 g/mol. The number of pyridine rings is 1. The molecule has 0 spiro atoms. The van der Waals surface area contributed by atoms with Crippen LogP contribution in [0.15, 0.2) is 36.4 Å². The lowest BCUT2D eigenvalue weighted by atomic mass is 10.0. The molecule has 1 aliphatic heterocycles. The van der Waals surface area contributed by atoms with E-state index in [0.717, 1.165) is 30.0 Å². The van der Waals surface area contributed by atoms with E-state index in [4.69, 9.17) is 10.1 Å². The number of likely N-dealkylation sites (N-methyl/N-ethyl adjacent to an activating group) is 1. The highest BCUT2D eigenvalue weighted by Gasteiger charge is 2.38. The van der Waals surface area contributed by atoms with Gasteiger partial charge in [0.05, 0.1) is 11.3 Å². The van der Waals surface area contributed by atoms with Crippen LogP contribution in [0.4, 0.5) is 23.0 Å². The molecule has 1 amide bonds. The number of amides is 1. The van der Waals surface area contributed by atoms with Crippen molar-refractivity contribution in [2.45, 2.75) is 57.5 Å². The number of carbonyl (C=O) groups excluding carboxylic acids is 1. The molecule has 0 saturated heterocycles. The van der Waals surface area contributed by atoms with E-state index in [1.165, 1.54) is 25.7 Å². The molecule has 30 heavy (non-hydrogen) atoms. The lowest BCUT2D eigenvalue weighted by Crippen LogP contribution is -2.55. The number of nitrogens with one attached hydrogen (secondary N) is 1. The van der Waals surface area contributed by atoms with Gasteiger partial charge in [0.15, 0.2) is 5.82 Å². The molecule has 1 atom stereocenters. The molecule has 1 aliphatic carbocycles. The molecule has 7 nitrogen and oxygen atoms in total. The summed E-state index contributed by atoms with van der Waals surface area (Å²) >= 11 is 0.